The highest BCUT2D eigenvalue weighted by molar-refractivity contribution is 7.13. The molecule has 3 aromatic rings. The Morgan fingerprint density at radius 1 is 1.00 bits per heavy atom. The maximum atomic E-state index is 5.98. The first-order valence-corrected chi connectivity index (χ1v) is 7.65. The Morgan fingerprint density at radius 3 is 2.29 bits per heavy atom. The molecular weight excluding hydrogens is 302 g/mol. The fraction of sp³-hybridized carbons (Fsp3) is 0.0625. The Hall–Kier alpha value is -2.04. The van der Waals surface area contributed by atoms with E-state index in [1.165, 1.54) is 0 Å². The van der Waals surface area contributed by atoms with E-state index in [9.17, 15) is 0 Å². The second kappa shape index (κ2) is 5.76. The summed E-state index contributed by atoms with van der Waals surface area (Å²) in [4.78, 5) is 1.91. The van der Waals surface area contributed by atoms with Gasteiger partial charge in [-0.05, 0) is 23.3 Å². The molecular formula is C16H14ClN3S. The summed E-state index contributed by atoms with van der Waals surface area (Å²) in [5, 5.41) is 4.60. The van der Waals surface area contributed by atoms with Crippen molar-refractivity contribution in [3.8, 4) is 21.7 Å². The predicted octanol–water partition coefficient (Wildman–Crippen LogP) is 3.85. The lowest BCUT2D eigenvalue weighted by atomic mass is 10.1. The largest absolute Gasteiger partial charge is 0.320 e. The van der Waals surface area contributed by atoms with E-state index in [4.69, 9.17) is 17.4 Å². The maximum Gasteiger partial charge on any atom is 0.208 e. The number of benzene rings is 2. The van der Waals surface area contributed by atoms with E-state index in [0.717, 1.165) is 31.5 Å². The van der Waals surface area contributed by atoms with Gasteiger partial charge in [0.25, 0.3) is 0 Å². The van der Waals surface area contributed by atoms with Gasteiger partial charge in [0, 0.05) is 12.1 Å². The fourth-order valence-electron chi connectivity index (χ4n) is 2.29. The molecule has 5 heteroatoms. The van der Waals surface area contributed by atoms with Crippen molar-refractivity contribution >= 4 is 22.9 Å². The molecule has 21 heavy (non-hydrogen) atoms. The van der Waals surface area contributed by atoms with Gasteiger partial charge in [0.05, 0.1) is 10.6 Å². The molecule has 0 saturated carbocycles. The second-order valence-corrected chi connectivity index (χ2v) is 6.04. The van der Waals surface area contributed by atoms with Crippen molar-refractivity contribution in [2.24, 2.45) is 18.0 Å². The third-order valence-corrected chi connectivity index (χ3v) is 4.74. The van der Waals surface area contributed by atoms with Crippen LogP contribution in [0.2, 0.25) is 5.02 Å². The summed E-state index contributed by atoms with van der Waals surface area (Å²) in [6.07, 6.45) is 0. The van der Waals surface area contributed by atoms with Crippen LogP contribution < -0.4 is 10.6 Å². The summed E-state index contributed by atoms with van der Waals surface area (Å²) in [6, 6.07) is 18.0. The topological polar surface area (TPSA) is 43.3 Å². The van der Waals surface area contributed by atoms with Crippen LogP contribution in [-0.4, -0.2) is 4.57 Å². The van der Waals surface area contributed by atoms with E-state index in [1.54, 1.807) is 11.3 Å². The third kappa shape index (κ3) is 2.60. The Morgan fingerprint density at radius 2 is 1.67 bits per heavy atom. The number of thiazole rings is 1. The Balaban J connectivity index is 2.28. The fourth-order valence-corrected chi connectivity index (χ4v) is 3.48. The molecule has 1 aromatic heterocycles. The van der Waals surface area contributed by atoms with Crippen LogP contribution in [0.5, 0.6) is 0 Å². The van der Waals surface area contributed by atoms with Gasteiger partial charge < -0.3 is 10.4 Å². The van der Waals surface area contributed by atoms with Crippen molar-refractivity contribution < 1.29 is 0 Å². The summed E-state index contributed by atoms with van der Waals surface area (Å²) in [5.74, 6) is 5.51. The monoisotopic (exact) mass is 315 g/mol. The maximum absolute atomic E-state index is 5.98. The van der Waals surface area contributed by atoms with Gasteiger partial charge in [0.1, 0.15) is 0 Å². The molecule has 0 bridgehead atoms. The molecule has 3 rings (SSSR count). The minimum absolute atomic E-state index is 0.727. The first-order valence-electron chi connectivity index (χ1n) is 6.46. The molecule has 0 aliphatic carbocycles. The molecule has 0 aliphatic rings. The van der Waals surface area contributed by atoms with Gasteiger partial charge in [-0.15, -0.1) is 0 Å². The highest BCUT2D eigenvalue weighted by Gasteiger charge is 2.14. The van der Waals surface area contributed by atoms with Crippen LogP contribution in [0.1, 0.15) is 0 Å². The molecule has 0 atom stereocenters. The summed E-state index contributed by atoms with van der Waals surface area (Å²) >= 11 is 7.55. The standard InChI is InChI=1S/C16H14ClN3S/c1-20-14(11-5-3-2-4-6-11)15(21-16(20)19-18)12-7-9-13(17)10-8-12/h2-10H,18H2,1H3. The van der Waals surface area contributed by atoms with Crippen LogP contribution in [0.25, 0.3) is 21.7 Å². The smallest absolute Gasteiger partial charge is 0.208 e. The first kappa shape index (κ1) is 13.9. The molecule has 2 N–H and O–H groups in total. The summed E-state index contributed by atoms with van der Waals surface area (Å²) in [7, 11) is 1.98. The van der Waals surface area contributed by atoms with Gasteiger partial charge in [-0.25, -0.2) is 0 Å². The molecule has 2 aromatic carbocycles. The Labute approximate surface area is 131 Å². The van der Waals surface area contributed by atoms with Gasteiger partial charge >= 0.3 is 0 Å². The van der Waals surface area contributed by atoms with Crippen molar-refractivity contribution in [1.29, 1.82) is 0 Å². The minimum Gasteiger partial charge on any atom is -0.320 e. The van der Waals surface area contributed by atoms with Gasteiger partial charge in [0.15, 0.2) is 0 Å². The minimum atomic E-state index is 0.727. The summed E-state index contributed by atoms with van der Waals surface area (Å²) in [5.41, 5.74) is 3.34. The van der Waals surface area contributed by atoms with Crippen LogP contribution in [0.15, 0.2) is 59.7 Å². The van der Waals surface area contributed by atoms with E-state index in [-0.39, 0.29) is 0 Å². The van der Waals surface area contributed by atoms with Crippen LogP contribution in [0.4, 0.5) is 0 Å². The van der Waals surface area contributed by atoms with Crippen LogP contribution in [0, 0.1) is 0 Å². The molecule has 1 heterocycles. The lowest BCUT2D eigenvalue weighted by Crippen LogP contribution is -2.13. The number of halogens is 1. The third-order valence-electron chi connectivity index (χ3n) is 3.29. The number of hydrogen-bond donors (Lipinski definition) is 1. The average Bonchev–Trinajstić information content (AvgIpc) is 2.85. The zero-order valence-electron chi connectivity index (χ0n) is 11.5. The normalized spacial score (nSPS) is 11.8. The van der Waals surface area contributed by atoms with E-state index in [1.807, 2.05) is 54.1 Å². The number of nitrogens with two attached hydrogens (primary N) is 1. The van der Waals surface area contributed by atoms with Gasteiger partial charge in [-0.1, -0.05) is 65.4 Å². The Kier molecular flexibility index (Phi) is 3.82. The zero-order valence-corrected chi connectivity index (χ0v) is 13.0. The average molecular weight is 316 g/mol. The predicted molar refractivity (Wildman–Crippen MR) is 88.9 cm³/mol. The molecule has 106 valence electrons. The number of nitrogens with zero attached hydrogens (tertiary/aromatic N) is 2. The SMILES string of the molecule is Cn1c(-c2ccccc2)c(-c2ccc(Cl)cc2)sc1=NN. The van der Waals surface area contributed by atoms with Gasteiger partial charge in [0.2, 0.25) is 4.80 Å². The van der Waals surface area contributed by atoms with Gasteiger partial charge in [-0.3, -0.25) is 0 Å². The van der Waals surface area contributed by atoms with E-state index >= 15 is 0 Å². The molecule has 0 amide bonds. The molecule has 0 saturated heterocycles. The highest BCUT2D eigenvalue weighted by atomic mass is 35.5. The molecule has 3 nitrogen and oxygen atoms in total. The lowest BCUT2D eigenvalue weighted by Gasteiger charge is -2.07. The van der Waals surface area contributed by atoms with Crippen molar-refractivity contribution in [2.75, 3.05) is 0 Å². The highest BCUT2D eigenvalue weighted by Crippen LogP contribution is 2.34. The van der Waals surface area contributed by atoms with Gasteiger partial charge in [-0.2, -0.15) is 5.10 Å². The number of rotatable bonds is 2. The van der Waals surface area contributed by atoms with E-state index in [0.29, 0.717) is 0 Å². The van der Waals surface area contributed by atoms with Crippen molar-refractivity contribution in [2.45, 2.75) is 0 Å². The molecule has 0 fully saturated rings. The number of hydrogen-bond acceptors (Lipinski definition) is 3. The quantitative estimate of drug-likeness (QED) is 0.566. The van der Waals surface area contributed by atoms with Crippen LogP contribution in [-0.2, 0) is 7.05 Å². The molecule has 0 radical (unpaired) electrons. The zero-order chi connectivity index (χ0) is 14.8. The number of aromatic nitrogens is 1. The molecule has 0 spiro atoms. The summed E-state index contributed by atoms with van der Waals surface area (Å²) in [6.45, 7) is 0. The second-order valence-electron chi connectivity index (χ2n) is 4.62. The lowest BCUT2D eigenvalue weighted by molar-refractivity contribution is 0.863. The van der Waals surface area contributed by atoms with Crippen LogP contribution >= 0.6 is 22.9 Å². The first-order chi connectivity index (χ1) is 10.2. The van der Waals surface area contributed by atoms with Crippen molar-refractivity contribution in [3.05, 3.63) is 64.4 Å². The van der Waals surface area contributed by atoms with Crippen LogP contribution in [0.3, 0.4) is 0 Å². The van der Waals surface area contributed by atoms with Crippen molar-refractivity contribution in [1.82, 2.24) is 4.57 Å². The van der Waals surface area contributed by atoms with E-state index in [2.05, 4.69) is 17.2 Å². The molecule has 0 aliphatic heterocycles. The molecule has 0 unspecified atom stereocenters. The van der Waals surface area contributed by atoms with E-state index < -0.39 is 0 Å². The van der Waals surface area contributed by atoms with Crippen molar-refractivity contribution in [3.63, 3.8) is 0 Å². The Bertz CT molecular complexity index is 817. The summed E-state index contributed by atoms with van der Waals surface area (Å²) < 4.78 is 2.02.